The third-order valence-electron chi connectivity index (χ3n) is 0.945. The van der Waals surface area contributed by atoms with Crippen LogP contribution in [-0.4, -0.2) is 18.9 Å². The number of ether oxygens (including phenoxy) is 1. The molecule has 1 rings (SSSR count). The second kappa shape index (κ2) is 3.00. The Morgan fingerprint density at radius 3 is 3.10 bits per heavy atom. The van der Waals surface area contributed by atoms with E-state index in [9.17, 15) is 4.79 Å². The van der Waals surface area contributed by atoms with E-state index in [4.69, 9.17) is 0 Å². The van der Waals surface area contributed by atoms with Crippen LogP contribution in [0.25, 0.3) is 0 Å². The second-order valence-electron chi connectivity index (χ2n) is 1.63. The van der Waals surface area contributed by atoms with Gasteiger partial charge in [0.25, 0.3) is 0 Å². The summed E-state index contributed by atoms with van der Waals surface area (Å²) in [5.74, 6) is -0.417. The number of aliphatic imine (C=N–C) groups is 1. The van der Waals surface area contributed by atoms with Gasteiger partial charge in [0.2, 0.25) is 0 Å². The Bertz CT molecular complexity index is 196. The second-order valence-corrected chi connectivity index (χ2v) is 1.63. The molecule has 0 saturated carbocycles. The Hall–Kier alpha value is -1.32. The average Bonchev–Trinajstić information content (AvgIpc) is 2.38. The first-order valence-corrected chi connectivity index (χ1v) is 2.94. The zero-order chi connectivity index (χ0) is 7.40. The van der Waals surface area contributed by atoms with Crippen LogP contribution >= 0.6 is 0 Å². The molecule has 0 N–H and O–H groups in total. The molecule has 0 fully saturated rings. The fourth-order valence-electron chi connectivity index (χ4n) is 0.543. The van der Waals surface area contributed by atoms with Crippen molar-refractivity contribution < 1.29 is 9.53 Å². The molecule has 4 heteroatoms. The van der Waals surface area contributed by atoms with E-state index in [2.05, 4.69) is 15.0 Å². The van der Waals surface area contributed by atoms with E-state index in [1.807, 2.05) is 0 Å². The van der Waals surface area contributed by atoms with E-state index < -0.39 is 5.97 Å². The largest absolute Gasteiger partial charge is 0.461 e. The zero-order valence-electron chi connectivity index (χ0n) is 5.57. The minimum Gasteiger partial charge on any atom is -0.461 e. The van der Waals surface area contributed by atoms with Gasteiger partial charge in [0.05, 0.1) is 12.8 Å². The van der Waals surface area contributed by atoms with Crippen LogP contribution in [0.4, 0.5) is 0 Å². The first-order chi connectivity index (χ1) is 4.84. The van der Waals surface area contributed by atoms with E-state index >= 15 is 0 Å². The first-order valence-electron chi connectivity index (χ1n) is 2.94. The van der Waals surface area contributed by atoms with E-state index in [-0.39, 0.29) is 5.70 Å². The summed E-state index contributed by atoms with van der Waals surface area (Å²) in [5.41, 5.74) is 0.266. The topological polar surface area (TPSA) is 52.8 Å². The van der Waals surface area contributed by atoms with Gasteiger partial charge in [-0.1, -0.05) is 0 Å². The van der Waals surface area contributed by atoms with E-state index in [1.165, 1.54) is 12.5 Å². The van der Waals surface area contributed by atoms with Crippen molar-refractivity contribution in [1.29, 1.82) is 0 Å². The number of hydrogen-bond acceptors (Lipinski definition) is 3. The van der Waals surface area contributed by atoms with E-state index in [0.29, 0.717) is 6.61 Å². The molecule has 0 unspecified atom stereocenters. The van der Waals surface area contributed by atoms with Gasteiger partial charge in [-0.05, 0) is 6.92 Å². The molecule has 0 aromatic carbocycles. The quantitative estimate of drug-likeness (QED) is 0.507. The van der Waals surface area contributed by atoms with E-state index in [0.717, 1.165) is 0 Å². The molecular formula is C6H7N2O2. The highest BCUT2D eigenvalue weighted by Gasteiger charge is 2.10. The monoisotopic (exact) mass is 139 g/mol. The van der Waals surface area contributed by atoms with Gasteiger partial charge in [-0.25, -0.2) is 15.1 Å². The number of nitrogens with zero attached hydrogens (tertiary/aromatic N) is 2. The summed E-state index contributed by atoms with van der Waals surface area (Å²) in [7, 11) is 0. The highest BCUT2D eigenvalue weighted by molar-refractivity contribution is 5.91. The van der Waals surface area contributed by atoms with Crippen LogP contribution in [0.15, 0.2) is 16.9 Å². The molecule has 10 heavy (non-hydrogen) atoms. The summed E-state index contributed by atoms with van der Waals surface area (Å²) in [4.78, 5) is 14.4. The molecule has 0 atom stereocenters. The standard InChI is InChI=1S/C6H7N2O2/c1-2-10-6(9)5-3-7-4-8-5/h3-4H,2H2,1H3. The van der Waals surface area contributed by atoms with Crippen LogP contribution in [0.1, 0.15) is 6.92 Å². The van der Waals surface area contributed by atoms with Crippen LogP contribution in [0.5, 0.6) is 0 Å². The van der Waals surface area contributed by atoms with Crippen molar-refractivity contribution in [3.63, 3.8) is 0 Å². The number of rotatable bonds is 2. The van der Waals surface area contributed by atoms with Gasteiger partial charge in [-0.3, -0.25) is 0 Å². The number of carbonyl (C=O) groups is 1. The minimum atomic E-state index is -0.417. The highest BCUT2D eigenvalue weighted by atomic mass is 16.5. The Morgan fingerprint density at radius 2 is 2.60 bits per heavy atom. The van der Waals surface area contributed by atoms with Gasteiger partial charge in [0.15, 0.2) is 5.70 Å². The normalized spacial score (nSPS) is 14.3. The fraction of sp³-hybridized carbons (Fsp3) is 0.333. The molecule has 4 nitrogen and oxygen atoms in total. The van der Waals surface area contributed by atoms with E-state index in [1.54, 1.807) is 6.92 Å². The van der Waals surface area contributed by atoms with Crippen LogP contribution in [0, 0.1) is 0 Å². The molecule has 53 valence electrons. The Balaban J connectivity index is 2.48. The summed E-state index contributed by atoms with van der Waals surface area (Å²) in [6.07, 6.45) is 2.68. The van der Waals surface area contributed by atoms with Crippen molar-refractivity contribution in [3.05, 3.63) is 11.9 Å². The molecule has 1 aliphatic heterocycles. The third kappa shape index (κ3) is 1.34. The average molecular weight is 139 g/mol. The SMILES string of the molecule is CCOC(=O)C1=C[N]C=N1. The summed E-state index contributed by atoms with van der Waals surface area (Å²) < 4.78 is 4.64. The molecule has 0 saturated heterocycles. The lowest BCUT2D eigenvalue weighted by Crippen LogP contribution is -2.04. The van der Waals surface area contributed by atoms with Gasteiger partial charge < -0.3 is 4.74 Å². The predicted octanol–water partition coefficient (Wildman–Crippen LogP) is 0.0372. The van der Waals surface area contributed by atoms with Crippen LogP contribution in [0.2, 0.25) is 0 Å². The number of carbonyl (C=O) groups excluding carboxylic acids is 1. The van der Waals surface area contributed by atoms with Gasteiger partial charge in [-0.2, -0.15) is 0 Å². The number of esters is 1. The van der Waals surface area contributed by atoms with Gasteiger partial charge in [0.1, 0.15) is 6.34 Å². The van der Waals surface area contributed by atoms with Crippen molar-refractivity contribution >= 4 is 12.3 Å². The molecule has 1 aliphatic rings. The Morgan fingerprint density at radius 1 is 1.80 bits per heavy atom. The van der Waals surface area contributed by atoms with Crippen molar-refractivity contribution in [2.75, 3.05) is 6.61 Å². The maximum absolute atomic E-state index is 10.8. The molecular weight excluding hydrogens is 132 g/mol. The molecule has 1 heterocycles. The Labute approximate surface area is 58.6 Å². The van der Waals surface area contributed by atoms with Gasteiger partial charge in [-0.15, -0.1) is 0 Å². The smallest absolute Gasteiger partial charge is 0.358 e. The van der Waals surface area contributed by atoms with Gasteiger partial charge >= 0.3 is 5.97 Å². The highest BCUT2D eigenvalue weighted by Crippen LogP contribution is 2.01. The van der Waals surface area contributed by atoms with Crippen molar-refractivity contribution in [1.82, 2.24) is 5.32 Å². The number of hydrogen-bond donors (Lipinski definition) is 0. The third-order valence-corrected chi connectivity index (χ3v) is 0.945. The molecule has 0 aliphatic carbocycles. The van der Waals surface area contributed by atoms with Crippen molar-refractivity contribution in [2.45, 2.75) is 6.92 Å². The lowest BCUT2D eigenvalue weighted by molar-refractivity contribution is -0.138. The summed E-state index contributed by atoms with van der Waals surface area (Å²) in [6, 6.07) is 0. The molecule has 0 aromatic heterocycles. The summed E-state index contributed by atoms with van der Waals surface area (Å²) in [5, 5.41) is 3.61. The summed E-state index contributed by atoms with van der Waals surface area (Å²) in [6.45, 7) is 2.11. The van der Waals surface area contributed by atoms with Crippen molar-refractivity contribution in [2.24, 2.45) is 4.99 Å². The van der Waals surface area contributed by atoms with Crippen molar-refractivity contribution in [3.8, 4) is 0 Å². The van der Waals surface area contributed by atoms with Crippen LogP contribution < -0.4 is 5.32 Å². The zero-order valence-corrected chi connectivity index (χ0v) is 5.57. The maximum Gasteiger partial charge on any atom is 0.358 e. The first kappa shape index (κ1) is 6.80. The minimum absolute atomic E-state index is 0.266. The lowest BCUT2D eigenvalue weighted by Gasteiger charge is -1.96. The Kier molecular flexibility index (Phi) is 2.04. The molecule has 1 radical (unpaired) electrons. The molecule has 0 bridgehead atoms. The maximum atomic E-state index is 10.8. The fourth-order valence-corrected chi connectivity index (χ4v) is 0.543. The molecule has 0 aromatic rings. The molecule has 0 spiro atoms. The van der Waals surface area contributed by atoms with Crippen LogP contribution in [0.3, 0.4) is 0 Å². The lowest BCUT2D eigenvalue weighted by atomic mass is 10.5. The molecule has 0 amide bonds. The predicted molar refractivity (Wildman–Crippen MR) is 35.3 cm³/mol. The summed E-state index contributed by atoms with van der Waals surface area (Å²) >= 11 is 0. The van der Waals surface area contributed by atoms with Crippen LogP contribution in [-0.2, 0) is 9.53 Å². The van der Waals surface area contributed by atoms with Gasteiger partial charge in [0, 0.05) is 0 Å².